The first-order valence-electron chi connectivity index (χ1n) is 19.4. The second kappa shape index (κ2) is 38.2. The molecule has 0 saturated carbocycles. The number of hydrogen-bond acceptors (Lipinski definition) is 7. The number of ether oxygens (including phenoxy) is 2. The highest BCUT2D eigenvalue weighted by Gasteiger charge is 2.25. The number of esters is 1. The molecule has 8 nitrogen and oxygen atoms in total. The highest BCUT2D eigenvalue weighted by Crippen LogP contribution is 2.43. The molecule has 0 aromatic heterocycles. The van der Waals surface area contributed by atoms with Crippen LogP contribution < -0.4 is 5.73 Å². The standard InChI is InChI=1S/C41H72NO7P/c1-3-5-7-9-11-13-15-16-17-18-19-20-21-22-23-24-25-26-28-30-32-34-41(43)49-40(39-48-50(44,45)47-37-35-42)38-46-36-33-31-29-27-14-12-10-8-6-4-2/h5,7,11,13,16-17,19-20,22-23,25-26,40H,3-4,6,8-10,12,14-15,18,21,24,27-39,42H2,1-2H3,(H,44,45)/b7-5-,13-11-,17-16-,20-19-,23-22-,26-25-. The minimum Gasteiger partial charge on any atom is -0.457 e. The number of carbonyl (C=O) groups is 1. The maximum Gasteiger partial charge on any atom is 0.472 e. The molecular weight excluding hydrogens is 649 g/mol. The zero-order chi connectivity index (χ0) is 36.6. The highest BCUT2D eigenvalue weighted by atomic mass is 31.2. The maximum atomic E-state index is 12.5. The van der Waals surface area contributed by atoms with E-state index in [0.717, 1.165) is 64.2 Å². The molecule has 0 saturated heterocycles. The summed E-state index contributed by atoms with van der Waals surface area (Å²) in [6.07, 6.45) is 46.3. The average Bonchev–Trinajstić information content (AvgIpc) is 3.10. The summed E-state index contributed by atoms with van der Waals surface area (Å²) in [6.45, 7) is 4.71. The number of unbranched alkanes of at least 4 members (excludes halogenated alkanes) is 11. The zero-order valence-electron chi connectivity index (χ0n) is 31.6. The summed E-state index contributed by atoms with van der Waals surface area (Å²) in [5, 5.41) is 0. The van der Waals surface area contributed by atoms with Gasteiger partial charge >= 0.3 is 13.8 Å². The van der Waals surface area contributed by atoms with Crippen molar-refractivity contribution in [1.29, 1.82) is 0 Å². The Morgan fingerprint density at radius 1 is 0.620 bits per heavy atom. The van der Waals surface area contributed by atoms with E-state index in [1.165, 1.54) is 51.4 Å². The fraction of sp³-hybridized carbons (Fsp3) is 0.683. The summed E-state index contributed by atoms with van der Waals surface area (Å²) >= 11 is 0. The molecule has 9 heteroatoms. The monoisotopic (exact) mass is 722 g/mol. The molecule has 0 aliphatic heterocycles. The van der Waals surface area contributed by atoms with Gasteiger partial charge in [-0.05, 0) is 64.2 Å². The third kappa shape index (κ3) is 37.2. The largest absolute Gasteiger partial charge is 0.472 e. The predicted molar refractivity (Wildman–Crippen MR) is 210 cm³/mol. The average molecular weight is 722 g/mol. The molecule has 50 heavy (non-hydrogen) atoms. The Bertz CT molecular complexity index is 989. The molecule has 0 bridgehead atoms. The van der Waals surface area contributed by atoms with Crippen LogP contribution in [0.5, 0.6) is 0 Å². The molecule has 0 rings (SSSR count). The molecular formula is C41H72NO7P. The fourth-order valence-corrected chi connectivity index (χ4v) is 5.59. The molecule has 0 amide bonds. The van der Waals surface area contributed by atoms with Crippen LogP contribution in [-0.4, -0.2) is 49.9 Å². The number of carbonyl (C=O) groups excluding carboxylic acids is 1. The van der Waals surface area contributed by atoms with Crippen LogP contribution in [0.15, 0.2) is 72.9 Å². The van der Waals surface area contributed by atoms with Crippen molar-refractivity contribution in [2.45, 2.75) is 148 Å². The number of rotatable bonds is 36. The Balaban J connectivity index is 4.18. The van der Waals surface area contributed by atoms with E-state index in [9.17, 15) is 14.3 Å². The third-order valence-electron chi connectivity index (χ3n) is 7.64. The van der Waals surface area contributed by atoms with Crippen LogP contribution in [-0.2, 0) is 27.9 Å². The smallest absolute Gasteiger partial charge is 0.457 e. The molecule has 0 aliphatic rings. The van der Waals surface area contributed by atoms with E-state index < -0.39 is 13.9 Å². The number of hydrogen-bond donors (Lipinski definition) is 2. The first kappa shape index (κ1) is 47.9. The summed E-state index contributed by atoms with van der Waals surface area (Å²) in [6, 6.07) is 0. The van der Waals surface area contributed by atoms with Gasteiger partial charge in [0.05, 0.1) is 19.8 Å². The number of allylic oxidation sites excluding steroid dienone is 12. The van der Waals surface area contributed by atoms with Crippen LogP contribution in [0.25, 0.3) is 0 Å². The van der Waals surface area contributed by atoms with E-state index in [2.05, 4.69) is 86.8 Å². The first-order valence-corrected chi connectivity index (χ1v) is 20.9. The van der Waals surface area contributed by atoms with Crippen LogP contribution in [0.2, 0.25) is 0 Å². The van der Waals surface area contributed by atoms with Gasteiger partial charge in [0.15, 0.2) is 0 Å². The van der Waals surface area contributed by atoms with Gasteiger partial charge in [0.1, 0.15) is 6.10 Å². The van der Waals surface area contributed by atoms with Gasteiger partial charge in [-0.2, -0.15) is 0 Å². The molecule has 288 valence electrons. The van der Waals surface area contributed by atoms with Gasteiger partial charge in [0.25, 0.3) is 0 Å². The Kier molecular flexibility index (Phi) is 36.6. The topological polar surface area (TPSA) is 117 Å². The predicted octanol–water partition coefficient (Wildman–Crippen LogP) is 11.2. The van der Waals surface area contributed by atoms with Crippen molar-refractivity contribution < 1.29 is 32.8 Å². The summed E-state index contributed by atoms with van der Waals surface area (Å²) in [7, 11) is -4.28. The lowest BCUT2D eigenvalue weighted by Gasteiger charge is -2.20. The van der Waals surface area contributed by atoms with Crippen molar-refractivity contribution in [3.63, 3.8) is 0 Å². The van der Waals surface area contributed by atoms with Crippen molar-refractivity contribution in [2.75, 3.05) is 33.0 Å². The minimum absolute atomic E-state index is 0.0901. The maximum absolute atomic E-state index is 12.5. The van der Waals surface area contributed by atoms with Crippen molar-refractivity contribution in [1.82, 2.24) is 0 Å². The third-order valence-corrected chi connectivity index (χ3v) is 8.62. The van der Waals surface area contributed by atoms with Gasteiger partial charge in [-0.25, -0.2) is 4.57 Å². The van der Waals surface area contributed by atoms with Crippen LogP contribution in [0.3, 0.4) is 0 Å². The highest BCUT2D eigenvalue weighted by molar-refractivity contribution is 7.47. The zero-order valence-corrected chi connectivity index (χ0v) is 32.5. The van der Waals surface area contributed by atoms with Crippen molar-refractivity contribution >= 4 is 13.8 Å². The fourth-order valence-electron chi connectivity index (χ4n) is 4.82. The lowest BCUT2D eigenvalue weighted by Crippen LogP contribution is -2.28. The van der Waals surface area contributed by atoms with E-state index in [4.69, 9.17) is 24.3 Å². The quantitative estimate of drug-likeness (QED) is 0.0284. The van der Waals surface area contributed by atoms with Crippen LogP contribution >= 0.6 is 7.82 Å². The van der Waals surface area contributed by atoms with Gasteiger partial charge in [-0.3, -0.25) is 13.8 Å². The second-order valence-corrected chi connectivity index (χ2v) is 13.9. The summed E-state index contributed by atoms with van der Waals surface area (Å²) in [5.74, 6) is -0.375. The van der Waals surface area contributed by atoms with E-state index in [1.807, 2.05) is 0 Å². The molecule has 2 atom stereocenters. The SMILES string of the molecule is CC/C=C\C/C=C\C/C=C\C/C=C\C/C=C\C/C=C\CCCCC(=O)OC(COCCCCCCCCCCCC)COP(=O)(O)OCCN. The Labute approximate surface area is 305 Å². The number of phosphoric ester groups is 1. The van der Waals surface area contributed by atoms with Gasteiger partial charge in [-0.1, -0.05) is 145 Å². The van der Waals surface area contributed by atoms with Crippen LogP contribution in [0, 0.1) is 0 Å². The van der Waals surface area contributed by atoms with E-state index in [-0.39, 0.29) is 38.8 Å². The normalized spacial score (nSPS) is 14.4. The molecule has 0 heterocycles. The molecule has 0 fully saturated rings. The molecule has 0 spiro atoms. The van der Waals surface area contributed by atoms with Crippen molar-refractivity contribution in [2.24, 2.45) is 5.73 Å². The van der Waals surface area contributed by atoms with Gasteiger partial charge < -0.3 is 20.1 Å². The lowest BCUT2D eigenvalue weighted by molar-refractivity contribution is -0.154. The Hall–Kier alpha value is -2.06. The molecule has 0 aliphatic carbocycles. The Morgan fingerprint density at radius 3 is 1.64 bits per heavy atom. The van der Waals surface area contributed by atoms with Gasteiger partial charge in [-0.15, -0.1) is 0 Å². The second-order valence-electron chi connectivity index (χ2n) is 12.4. The Morgan fingerprint density at radius 2 is 1.12 bits per heavy atom. The lowest BCUT2D eigenvalue weighted by atomic mass is 10.1. The van der Waals surface area contributed by atoms with Crippen LogP contribution in [0.1, 0.15) is 142 Å². The number of phosphoric acid groups is 1. The summed E-state index contributed by atoms with van der Waals surface area (Å²) in [5.41, 5.74) is 5.35. The van der Waals surface area contributed by atoms with Gasteiger partial charge in [0.2, 0.25) is 0 Å². The molecule has 0 radical (unpaired) electrons. The van der Waals surface area contributed by atoms with Gasteiger partial charge in [0, 0.05) is 19.6 Å². The van der Waals surface area contributed by atoms with E-state index in [0.29, 0.717) is 13.0 Å². The number of nitrogens with two attached hydrogens (primary N) is 1. The molecule has 3 N–H and O–H groups in total. The van der Waals surface area contributed by atoms with Crippen molar-refractivity contribution in [3.05, 3.63) is 72.9 Å². The van der Waals surface area contributed by atoms with E-state index in [1.54, 1.807) is 0 Å². The van der Waals surface area contributed by atoms with E-state index >= 15 is 0 Å². The van der Waals surface area contributed by atoms with Crippen molar-refractivity contribution in [3.8, 4) is 0 Å². The molecule has 0 aromatic rings. The molecule has 2 unspecified atom stereocenters. The summed E-state index contributed by atoms with van der Waals surface area (Å²) in [4.78, 5) is 22.4. The minimum atomic E-state index is -4.28. The molecule has 0 aromatic carbocycles. The van der Waals surface area contributed by atoms with Crippen LogP contribution in [0.4, 0.5) is 0 Å². The first-order chi connectivity index (χ1) is 24.4. The summed E-state index contributed by atoms with van der Waals surface area (Å²) < 4.78 is 33.2.